The molecular formula is C13H18Cl2N2. The van der Waals surface area contributed by atoms with Crippen molar-refractivity contribution < 1.29 is 0 Å². The maximum atomic E-state index is 6.14. The average Bonchev–Trinajstić information content (AvgIpc) is 2.72. The molecule has 0 spiro atoms. The molecule has 1 aromatic rings. The summed E-state index contributed by atoms with van der Waals surface area (Å²) in [6, 6.07) is 6.61. The Bertz CT molecular complexity index is 393. The predicted molar refractivity (Wildman–Crippen MR) is 75.2 cm³/mol. The SMILES string of the molecule is CC(C)N1CCC(Nc2cc(Cl)ccc2Cl)C1. The van der Waals surface area contributed by atoms with Gasteiger partial charge in [-0.15, -0.1) is 0 Å². The van der Waals surface area contributed by atoms with Gasteiger partial charge in [-0.05, 0) is 38.5 Å². The molecule has 0 amide bonds. The largest absolute Gasteiger partial charge is 0.380 e. The van der Waals surface area contributed by atoms with Crippen molar-refractivity contribution in [2.75, 3.05) is 18.4 Å². The highest BCUT2D eigenvalue weighted by Crippen LogP contribution is 2.27. The van der Waals surface area contributed by atoms with Crippen molar-refractivity contribution in [3.05, 3.63) is 28.2 Å². The molecule has 2 rings (SSSR count). The summed E-state index contributed by atoms with van der Waals surface area (Å²) in [4.78, 5) is 2.47. The highest BCUT2D eigenvalue weighted by molar-refractivity contribution is 6.35. The van der Waals surface area contributed by atoms with Crippen LogP contribution in [0.4, 0.5) is 5.69 Å². The Kier molecular flexibility index (Phi) is 4.18. The fourth-order valence-electron chi connectivity index (χ4n) is 2.20. The molecule has 0 aromatic heterocycles. The minimum absolute atomic E-state index is 0.466. The van der Waals surface area contributed by atoms with Gasteiger partial charge >= 0.3 is 0 Å². The Morgan fingerprint density at radius 2 is 2.12 bits per heavy atom. The second kappa shape index (κ2) is 5.47. The molecule has 1 N–H and O–H groups in total. The molecule has 0 bridgehead atoms. The van der Waals surface area contributed by atoms with Gasteiger partial charge in [0.05, 0.1) is 10.7 Å². The molecule has 4 heteroatoms. The Labute approximate surface area is 113 Å². The molecule has 0 radical (unpaired) electrons. The predicted octanol–water partition coefficient (Wildman–Crippen LogP) is 3.89. The Morgan fingerprint density at radius 1 is 1.35 bits per heavy atom. The summed E-state index contributed by atoms with van der Waals surface area (Å²) >= 11 is 12.1. The standard InChI is InChI=1S/C13H18Cl2N2/c1-9(2)17-6-5-11(8-17)16-13-7-10(14)3-4-12(13)15/h3-4,7,9,11,16H,5-6,8H2,1-2H3. The van der Waals surface area contributed by atoms with Gasteiger partial charge in [0.1, 0.15) is 0 Å². The molecule has 1 aromatic carbocycles. The van der Waals surface area contributed by atoms with Crippen molar-refractivity contribution in [2.24, 2.45) is 0 Å². The minimum Gasteiger partial charge on any atom is -0.380 e. The van der Waals surface area contributed by atoms with Crippen molar-refractivity contribution in [2.45, 2.75) is 32.4 Å². The zero-order valence-corrected chi connectivity index (χ0v) is 11.7. The van der Waals surface area contributed by atoms with Gasteiger partial charge in [0.2, 0.25) is 0 Å². The number of nitrogens with one attached hydrogen (secondary N) is 1. The molecule has 1 aliphatic heterocycles. The van der Waals surface area contributed by atoms with E-state index in [9.17, 15) is 0 Å². The van der Waals surface area contributed by atoms with E-state index in [1.54, 1.807) is 0 Å². The second-order valence-electron chi connectivity index (χ2n) is 4.84. The van der Waals surface area contributed by atoms with Gasteiger partial charge in [-0.3, -0.25) is 4.90 Å². The van der Waals surface area contributed by atoms with E-state index in [1.807, 2.05) is 18.2 Å². The molecule has 0 saturated carbocycles. The minimum atomic E-state index is 0.466. The van der Waals surface area contributed by atoms with E-state index in [0.29, 0.717) is 12.1 Å². The van der Waals surface area contributed by atoms with E-state index in [1.165, 1.54) is 0 Å². The molecule has 0 aliphatic carbocycles. The molecule has 94 valence electrons. The Balaban J connectivity index is 2.00. The fraction of sp³-hybridized carbons (Fsp3) is 0.538. The van der Waals surface area contributed by atoms with Crippen molar-refractivity contribution in [1.29, 1.82) is 0 Å². The zero-order valence-electron chi connectivity index (χ0n) is 10.2. The van der Waals surface area contributed by atoms with Gasteiger partial charge in [0.25, 0.3) is 0 Å². The molecule has 1 saturated heterocycles. The van der Waals surface area contributed by atoms with Gasteiger partial charge in [-0.1, -0.05) is 23.2 Å². The molecule has 1 heterocycles. The van der Waals surface area contributed by atoms with Crippen molar-refractivity contribution in [3.63, 3.8) is 0 Å². The highest BCUT2D eigenvalue weighted by Gasteiger charge is 2.24. The quantitative estimate of drug-likeness (QED) is 0.898. The van der Waals surface area contributed by atoms with E-state index >= 15 is 0 Å². The monoisotopic (exact) mass is 272 g/mol. The fourth-order valence-corrected chi connectivity index (χ4v) is 2.55. The first kappa shape index (κ1) is 13.0. The molecule has 1 aliphatic rings. The number of anilines is 1. The summed E-state index contributed by atoms with van der Waals surface area (Å²) in [7, 11) is 0. The van der Waals surface area contributed by atoms with Crippen LogP contribution in [0.3, 0.4) is 0 Å². The van der Waals surface area contributed by atoms with Crippen molar-refractivity contribution in [3.8, 4) is 0 Å². The third kappa shape index (κ3) is 3.27. The average molecular weight is 273 g/mol. The zero-order chi connectivity index (χ0) is 12.4. The summed E-state index contributed by atoms with van der Waals surface area (Å²) in [6.45, 7) is 6.68. The first-order valence-corrected chi connectivity index (χ1v) is 6.77. The lowest BCUT2D eigenvalue weighted by atomic mass is 10.2. The smallest absolute Gasteiger partial charge is 0.0638 e. The first-order chi connectivity index (χ1) is 8.06. The Hall–Kier alpha value is -0.440. The van der Waals surface area contributed by atoms with Crippen LogP contribution >= 0.6 is 23.2 Å². The first-order valence-electron chi connectivity index (χ1n) is 6.02. The second-order valence-corrected chi connectivity index (χ2v) is 5.69. The summed E-state index contributed by atoms with van der Waals surface area (Å²) < 4.78 is 0. The normalized spacial score (nSPS) is 21.1. The molecule has 1 fully saturated rings. The van der Waals surface area contributed by atoms with E-state index in [-0.39, 0.29) is 0 Å². The topological polar surface area (TPSA) is 15.3 Å². The number of likely N-dealkylation sites (tertiary alicyclic amines) is 1. The number of benzene rings is 1. The number of nitrogens with zero attached hydrogens (tertiary/aromatic N) is 1. The lowest BCUT2D eigenvalue weighted by Gasteiger charge is -2.21. The molecule has 1 atom stereocenters. The van der Waals surface area contributed by atoms with Crippen LogP contribution in [-0.4, -0.2) is 30.1 Å². The van der Waals surface area contributed by atoms with E-state index in [4.69, 9.17) is 23.2 Å². The van der Waals surface area contributed by atoms with Gasteiger partial charge in [0, 0.05) is 30.2 Å². The van der Waals surface area contributed by atoms with Crippen molar-refractivity contribution >= 4 is 28.9 Å². The van der Waals surface area contributed by atoms with Crippen LogP contribution in [0.5, 0.6) is 0 Å². The van der Waals surface area contributed by atoms with Crippen LogP contribution in [0, 0.1) is 0 Å². The van der Waals surface area contributed by atoms with E-state index < -0.39 is 0 Å². The molecule has 1 unspecified atom stereocenters. The molecule has 2 nitrogen and oxygen atoms in total. The number of halogens is 2. The lowest BCUT2D eigenvalue weighted by Crippen LogP contribution is -2.31. The van der Waals surface area contributed by atoms with Crippen LogP contribution < -0.4 is 5.32 Å². The van der Waals surface area contributed by atoms with Crippen LogP contribution in [0.2, 0.25) is 10.0 Å². The van der Waals surface area contributed by atoms with Gasteiger partial charge < -0.3 is 5.32 Å². The highest BCUT2D eigenvalue weighted by atomic mass is 35.5. The maximum Gasteiger partial charge on any atom is 0.0638 e. The third-order valence-electron chi connectivity index (χ3n) is 3.24. The van der Waals surface area contributed by atoms with Crippen LogP contribution in [-0.2, 0) is 0 Å². The summed E-state index contributed by atoms with van der Waals surface area (Å²) in [5.74, 6) is 0. The Morgan fingerprint density at radius 3 is 2.76 bits per heavy atom. The number of hydrogen-bond acceptors (Lipinski definition) is 2. The van der Waals surface area contributed by atoms with E-state index in [2.05, 4.69) is 24.1 Å². The third-order valence-corrected chi connectivity index (χ3v) is 3.80. The summed E-state index contributed by atoms with van der Waals surface area (Å²) in [5, 5.41) is 4.93. The van der Waals surface area contributed by atoms with Crippen molar-refractivity contribution in [1.82, 2.24) is 4.90 Å². The number of hydrogen-bond donors (Lipinski definition) is 1. The van der Waals surface area contributed by atoms with Gasteiger partial charge in [-0.25, -0.2) is 0 Å². The van der Waals surface area contributed by atoms with Gasteiger partial charge in [-0.2, -0.15) is 0 Å². The lowest BCUT2D eigenvalue weighted by molar-refractivity contribution is 0.274. The maximum absolute atomic E-state index is 6.14. The van der Waals surface area contributed by atoms with Crippen LogP contribution in [0.1, 0.15) is 20.3 Å². The molecule has 17 heavy (non-hydrogen) atoms. The number of rotatable bonds is 3. The molecular weight excluding hydrogens is 255 g/mol. The van der Waals surface area contributed by atoms with E-state index in [0.717, 1.165) is 35.2 Å². The summed E-state index contributed by atoms with van der Waals surface area (Å²) in [6.07, 6.45) is 1.15. The van der Waals surface area contributed by atoms with Crippen LogP contribution in [0.15, 0.2) is 18.2 Å². The van der Waals surface area contributed by atoms with Gasteiger partial charge in [0.15, 0.2) is 0 Å². The van der Waals surface area contributed by atoms with Crippen LogP contribution in [0.25, 0.3) is 0 Å². The summed E-state index contributed by atoms with van der Waals surface area (Å²) in [5.41, 5.74) is 0.940.